The molecule has 6 nitrogen and oxygen atoms in total. The van der Waals surface area contributed by atoms with Gasteiger partial charge in [-0.2, -0.15) is 0 Å². The summed E-state index contributed by atoms with van der Waals surface area (Å²) < 4.78 is 0. The third-order valence-corrected chi connectivity index (χ3v) is 2.75. The molecule has 0 saturated carbocycles. The van der Waals surface area contributed by atoms with Crippen LogP contribution in [-0.2, 0) is 4.79 Å². The van der Waals surface area contributed by atoms with Crippen molar-refractivity contribution in [2.75, 3.05) is 33.7 Å². The average molecular weight is 273 g/mol. The molecule has 6 heteroatoms. The van der Waals surface area contributed by atoms with Gasteiger partial charge in [0.25, 0.3) is 0 Å². The zero-order valence-electron chi connectivity index (χ0n) is 12.6. The summed E-state index contributed by atoms with van der Waals surface area (Å²) in [5.74, 6) is -1.42. The number of hydrogen-bond acceptors (Lipinski definition) is 3. The van der Waals surface area contributed by atoms with Gasteiger partial charge in [0.15, 0.2) is 0 Å². The van der Waals surface area contributed by atoms with Gasteiger partial charge in [0, 0.05) is 26.7 Å². The lowest BCUT2D eigenvalue weighted by atomic mass is 9.84. The monoisotopic (exact) mass is 273 g/mol. The van der Waals surface area contributed by atoms with E-state index in [-0.39, 0.29) is 18.0 Å². The molecule has 0 heterocycles. The lowest BCUT2D eigenvalue weighted by Gasteiger charge is -2.24. The van der Waals surface area contributed by atoms with Crippen LogP contribution in [0.25, 0.3) is 0 Å². The van der Waals surface area contributed by atoms with Gasteiger partial charge in [-0.1, -0.05) is 20.8 Å². The van der Waals surface area contributed by atoms with Crippen LogP contribution in [0.4, 0.5) is 4.79 Å². The van der Waals surface area contributed by atoms with Gasteiger partial charge in [-0.05, 0) is 18.9 Å². The highest BCUT2D eigenvalue weighted by atomic mass is 16.4. The van der Waals surface area contributed by atoms with Gasteiger partial charge < -0.3 is 20.6 Å². The topological polar surface area (TPSA) is 81.7 Å². The van der Waals surface area contributed by atoms with Crippen molar-refractivity contribution < 1.29 is 14.7 Å². The number of rotatable bonds is 7. The summed E-state index contributed by atoms with van der Waals surface area (Å²) in [4.78, 5) is 24.4. The standard InChI is InChI=1S/C13H27N3O3/c1-13(2,3)8-10(11(17)18)9-15-12(19)16(5)7-6-14-4/h10,14H,6-9H2,1-5H3,(H,15,19)(H,17,18). The second-order valence-electron chi connectivity index (χ2n) is 6.01. The zero-order chi connectivity index (χ0) is 15.1. The number of carboxylic acid groups (broad SMARTS) is 1. The maximum Gasteiger partial charge on any atom is 0.317 e. The van der Waals surface area contributed by atoms with Crippen molar-refractivity contribution in [3.63, 3.8) is 0 Å². The number of carbonyl (C=O) groups excluding carboxylic acids is 1. The van der Waals surface area contributed by atoms with Crippen molar-refractivity contribution in [3.8, 4) is 0 Å². The summed E-state index contributed by atoms with van der Waals surface area (Å²) in [6.45, 7) is 7.42. The first-order valence-corrected chi connectivity index (χ1v) is 6.53. The molecule has 0 aliphatic heterocycles. The summed E-state index contributed by atoms with van der Waals surface area (Å²) in [6.07, 6.45) is 0.531. The minimum Gasteiger partial charge on any atom is -0.481 e. The van der Waals surface area contributed by atoms with E-state index < -0.39 is 11.9 Å². The lowest BCUT2D eigenvalue weighted by Crippen LogP contribution is -2.43. The number of amides is 2. The maximum absolute atomic E-state index is 11.7. The SMILES string of the molecule is CNCCN(C)C(=O)NCC(CC(C)(C)C)C(=O)O. The molecule has 0 bridgehead atoms. The Balaban J connectivity index is 4.25. The molecule has 0 aromatic heterocycles. The van der Waals surface area contributed by atoms with Crippen molar-refractivity contribution in [1.29, 1.82) is 0 Å². The van der Waals surface area contributed by atoms with Gasteiger partial charge >= 0.3 is 12.0 Å². The third kappa shape index (κ3) is 8.42. The predicted octanol–water partition coefficient (Wildman–Crippen LogP) is 0.984. The molecule has 1 unspecified atom stereocenters. The van der Waals surface area contributed by atoms with Crippen molar-refractivity contribution in [2.45, 2.75) is 27.2 Å². The first kappa shape index (κ1) is 17.7. The Bertz CT molecular complexity index is 300. The largest absolute Gasteiger partial charge is 0.481 e. The molecular formula is C13H27N3O3. The number of aliphatic carboxylic acids is 1. The maximum atomic E-state index is 11.7. The van der Waals surface area contributed by atoms with Crippen LogP contribution in [0.5, 0.6) is 0 Å². The number of likely N-dealkylation sites (N-methyl/N-ethyl adjacent to an activating group) is 2. The first-order chi connectivity index (χ1) is 8.67. The normalized spacial score (nSPS) is 12.9. The van der Waals surface area contributed by atoms with Crippen LogP contribution >= 0.6 is 0 Å². The summed E-state index contributed by atoms with van der Waals surface area (Å²) in [5.41, 5.74) is -0.0776. The van der Waals surface area contributed by atoms with Crippen molar-refractivity contribution in [1.82, 2.24) is 15.5 Å². The lowest BCUT2D eigenvalue weighted by molar-refractivity contribution is -0.142. The number of nitrogens with zero attached hydrogens (tertiary/aromatic N) is 1. The summed E-state index contributed by atoms with van der Waals surface area (Å²) in [5, 5.41) is 14.8. The molecule has 112 valence electrons. The highest BCUT2D eigenvalue weighted by Gasteiger charge is 2.25. The van der Waals surface area contributed by atoms with Crippen LogP contribution in [0.3, 0.4) is 0 Å². The minimum atomic E-state index is -0.867. The van der Waals surface area contributed by atoms with Crippen LogP contribution < -0.4 is 10.6 Å². The molecule has 1 atom stereocenters. The van der Waals surface area contributed by atoms with E-state index in [0.717, 1.165) is 0 Å². The van der Waals surface area contributed by atoms with Crippen LogP contribution in [0.2, 0.25) is 0 Å². The second kappa shape index (κ2) is 7.99. The van der Waals surface area contributed by atoms with Crippen molar-refractivity contribution in [2.24, 2.45) is 11.3 Å². The third-order valence-electron chi connectivity index (χ3n) is 2.75. The first-order valence-electron chi connectivity index (χ1n) is 6.53. The Labute approximate surface area is 115 Å². The average Bonchev–Trinajstić information content (AvgIpc) is 2.29. The highest BCUT2D eigenvalue weighted by molar-refractivity contribution is 5.75. The summed E-state index contributed by atoms with van der Waals surface area (Å²) in [7, 11) is 3.50. The van der Waals surface area contributed by atoms with Crippen molar-refractivity contribution in [3.05, 3.63) is 0 Å². The highest BCUT2D eigenvalue weighted by Crippen LogP contribution is 2.24. The fraction of sp³-hybridized carbons (Fsp3) is 0.846. The number of hydrogen-bond donors (Lipinski definition) is 3. The quantitative estimate of drug-likeness (QED) is 0.646. The van der Waals surface area contributed by atoms with Crippen molar-refractivity contribution >= 4 is 12.0 Å². The molecule has 0 aliphatic rings. The van der Waals surface area contributed by atoms with Gasteiger partial charge in [0.05, 0.1) is 5.92 Å². The smallest absolute Gasteiger partial charge is 0.317 e. The van der Waals surface area contributed by atoms with E-state index in [2.05, 4.69) is 10.6 Å². The summed E-state index contributed by atoms with van der Waals surface area (Å²) in [6, 6.07) is -0.240. The van der Waals surface area contributed by atoms with Crippen LogP contribution in [0, 0.1) is 11.3 Å². The molecular weight excluding hydrogens is 246 g/mol. The predicted molar refractivity (Wildman–Crippen MR) is 75.2 cm³/mol. The zero-order valence-corrected chi connectivity index (χ0v) is 12.6. The van der Waals surface area contributed by atoms with E-state index in [1.165, 1.54) is 4.90 Å². The van der Waals surface area contributed by atoms with Gasteiger partial charge in [0.1, 0.15) is 0 Å². The van der Waals surface area contributed by atoms with Gasteiger partial charge in [0.2, 0.25) is 0 Å². The Morgan fingerprint density at radius 1 is 1.32 bits per heavy atom. The Morgan fingerprint density at radius 3 is 2.32 bits per heavy atom. The molecule has 0 spiro atoms. The van der Waals surface area contributed by atoms with Gasteiger partial charge in [-0.15, -0.1) is 0 Å². The van der Waals surface area contributed by atoms with E-state index in [0.29, 0.717) is 19.5 Å². The molecule has 0 aromatic rings. The molecule has 0 saturated heterocycles. The number of urea groups is 1. The molecule has 3 N–H and O–H groups in total. The molecule has 0 aliphatic carbocycles. The van der Waals surface area contributed by atoms with Crippen LogP contribution in [0.15, 0.2) is 0 Å². The molecule has 0 radical (unpaired) electrons. The van der Waals surface area contributed by atoms with E-state index in [1.807, 2.05) is 27.8 Å². The van der Waals surface area contributed by atoms with E-state index in [4.69, 9.17) is 5.11 Å². The van der Waals surface area contributed by atoms with Crippen LogP contribution in [0.1, 0.15) is 27.2 Å². The Hall–Kier alpha value is -1.30. The molecule has 19 heavy (non-hydrogen) atoms. The molecule has 0 rings (SSSR count). The fourth-order valence-electron chi connectivity index (χ4n) is 1.71. The molecule has 0 fully saturated rings. The van der Waals surface area contributed by atoms with Crippen LogP contribution in [-0.4, -0.2) is 55.7 Å². The number of carbonyl (C=O) groups is 2. The van der Waals surface area contributed by atoms with Gasteiger partial charge in [-0.25, -0.2) is 4.79 Å². The number of nitrogens with one attached hydrogen (secondary N) is 2. The minimum absolute atomic E-state index is 0.0776. The van der Waals surface area contributed by atoms with Gasteiger partial charge in [-0.3, -0.25) is 4.79 Å². The van der Waals surface area contributed by atoms with E-state index in [1.54, 1.807) is 7.05 Å². The van der Waals surface area contributed by atoms with E-state index >= 15 is 0 Å². The Kier molecular flexibility index (Phi) is 7.44. The second-order valence-corrected chi connectivity index (χ2v) is 6.01. The number of carboxylic acids is 1. The fourth-order valence-corrected chi connectivity index (χ4v) is 1.71. The molecule has 2 amide bonds. The molecule has 0 aromatic carbocycles. The van der Waals surface area contributed by atoms with E-state index in [9.17, 15) is 9.59 Å². The Morgan fingerprint density at radius 2 is 1.89 bits per heavy atom. The summed E-state index contributed by atoms with van der Waals surface area (Å²) >= 11 is 0.